The van der Waals surface area contributed by atoms with Crippen LogP contribution in [0, 0.1) is 0 Å². The molecule has 4 heterocycles. The Hall–Kier alpha value is -3.54. The number of hydrogen-bond acceptors (Lipinski definition) is 9. The molecule has 0 unspecified atom stereocenters. The number of fused-ring (bicyclic) bond motifs is 1. The maximum atomic E-state index is 13.0. The third-order valence-corrected chi connectivity index (χ3v) is 6.51. The zero-order valence-corrected chi connectivity index (χ0v) is 21.1. The standard InChI is InChI=1S/C26H33N7O4/c1-2-36-22-6-7-24-20(16-22)15-21(26(34)27-24)17-32(9-4-8-31-10-13-35-14-11-31)19-25-28-29-30-33(25)18-23-5-3-12-37-23/h3,5-7,12,15-16H,2,4,8-11,13-14,17-19H2,1H3,(H,27,34). The maximum Gasteiger partial charge on any atom is 0.252 e. The van der Waals surface area contributed by atoms with E-state index >= 15 is 0 Å². The van der Waals surface area contributed by atoms with E-state index in [1.54, 1.807) is 10.9 Å². The van der Waals surface area contributed by atoms with E-state index in [4.69, 9.17) is 13.9 Å². The molecule has 0 atom stereocenters. The maximum absolute atomic E-state index is 13.0. The quantitative estimate of drug-likeness (QED) is 0.308. The lowest BCUT2D eigenvalue weighted by Gasteiger charge is -2.28. The molecular weight excluding hydrogens is 474 g/mol. The van der Waals surface area contributed by atoms with Crippen molar-refractivity contribution in [1.82, 2.24) is 35.0 Å². The highest BCUT2D eigenvalue weighted by Crippen LogP contribution is 2.20. The second kappa shape index (κ2) is 12.1. The number of H-pyrrole nitrogens is 1. The summed E-state index contributed by atoms with van der Waals surface area (Å²) in [5.74, 6) is 2.29. The summed E-state index contributed by atoms with van der Waals surface area (Å²) >= 11 is 0. The molecule has 0 bridgehead atoms. The molecule has 0 aliphatic carbocycles. The van der Waals surface area contributed by atoms with Crippen molar-refractivity contribution >= 4 is 10.9 Å². The number of hydrogen-bond donors (Lipinski definition) is 1. The second-order valence-corrected chi connectivity index (χ2v) is 9.16. The number of benzene rings is 1. The molecule has 11 heteroatoms. The van der Waals surface area contributed by atoms with Crippen LogP contribution in [-0.2, 0) is 24.4 Å². The Kier molecular flexibility index (Phi) is 8.24. The molecule has 11 nitrogen and oxygen atoms in total. The fourth-order valence-corrected chi connectivity index (χ4v) is 4.61. The van der Waals surface area contributed by atoms with Crippen LogP contribution in [0.1, 0.15) is 30.5 Å². The molecule has 0 amide bonds. The highest BCUT2D eigenvalue weighted by atomic mass is 16.5. The Balaban J connectivity index is 1.34. The van der Waals surface area contributed by atoms with Crippen molar-refractivity contribution in [2.45, 2.75) is 33.0 Å². The number of nitrogens with one attached hydrogen (secondary N) is 1. The van der Waals surface area contributed by atoms with E-state index in [-0.39, 0.29) is 5.56 Å². The fourth-order valence-electron chi connectivity index (χ4n) is 4.61. The predicted molar refractivity (Wildman–Crippen MR) is 137 cm³/mol. The van der Waals surface area contributed by atoms with Crippen LogP contribution in [0.5, 0.6) is 5.75 Å². The van der Waals surface area contributed by atoms with Gasteiger partial charge in [0.05, 0.1) is 32.6 Å². The molecule has 1 aromatic carbocycles. The summed E-state index contributed by atoms with van der Waals surface area (Å²) in [6.45, 7) is 9.21. The Morgan fingerprint density at radius 3 is 2.86 bits per heavy atom. The normalized spacial score (nSPS) is 14.5. The lowest BCUT2D eigenvalue weighted by Crippen LogP contribution is -2.38. The van der Waals surface area contributed by atoms with Crippen LogP contribution in [0.2, 0.25) is 0 Å². The highest BCUT2D eigenvalue weighted by molar-refractivity contribution is 5.80. The number of ether oxygens (including phenoxy) is 2. The summed E-state index contributed by atoms with van der Waals surface area (Å²) in [6, 6.07) is 11.4. The average Bonchev–Trinajstić information content (AvgIpc) is 3.58. The van der Waals surface area contributed by atoms with E-state index < -0.39 is 0 Å². The first-order chi connectivity index (χ1) is 18.2. The third-order valence-electron chi connectivity index (χ3n) is 6.51. The third kappa shape index (κ3) is 6.62. The minimum Gasteiger partial charge on any atom is -0.494 e. The first-order valence-corrected chi connectivity index (χ1v) is 12.8. The Morgan fingerprint density at radius 2 is 2.05 bits per heavy atom. The van der Waals surface area contributed by atoms with Gasteiger partial charge in [0, 0.05) is 42.6 Å². The van der Waals surface area contributed by atoms with Crippen LogP contribution in [-0.4, -0.2) is 81.0 Å². The summed E-state index contributed by atoms with van der Waals surface area (Å²) in [4.78, 5) is 20.7. The van der Waals surface area contributed by atoms with Crippen molar-refractivity contribution in [2.24, 2.45) is 0 Å². The average molecular weight is 508 g/mol. The number of rotatable bonds is 12. The molecule has 0 radical (unpaired) electrons. The van der Waals surface area contributed by atoms with Crippen molar-refractivity contribution in [3.05, 3.63) is 70.2 Å². The first-order valence-electron chi connectivity index (χ1n) is 12.8. The summed E-state index contributed by atoms with van der Waals surface area (Å²) in [5.41, 5.74) is 1.39. The van der Waals surface area contributed by atoms with E-state index in [0.717, 1.165) is 74.1 Å². The van der Waals surface area contributed by atoms with E-state index in [0.29, 0.717) is 31.8 Å². The van der Waals surface area contributed by atoms with E-state index in [1.807, 2.05) is 43.3 Å². The number of furan rings is 1. The molecule has 1 fully saturated rings. The molecular formula is C26H33N7O4. The summed E-state index contributed by atoms with van der Waals surface area (Å²) in [5, 5.41) is 13.3. The second-order valence-electron chi connectivity index (χ2n) is 9.16. The summed E-state index contributed by atoms with van der Waals surface area (Å²) in [7, 11) is 0. The van der Waals surface area contributed by atoms with Crippen molar-refractivity contribution in [3.8, 4) is 5.75 Å². The van der Waals surface area contributed by atoms with Gasteiger partial charge in [-0.3, -0.25) is 14.6 Å². The molecule has 5 rings (SSSR count). The summed E-state index contributed by atoms with van der Waals surface area (Å²) < 4.78 is 18.3. The lowest BCUT2D eigenvalue weighted by atomic mass is 10.1. The Labute approximate surface area is 215 Å². The van der Waals surface area contributed by atoms with Gasteiger partial charge in [-0.25, -0.2) is 4.68 Å². The van der Waals surface area contributed by atoms with Gasteiger partial charge in [0.15, 0.2) is 5.82 Å². The van der Waals surface area contributed by atoms with Gasteiger partial charge >= 0.3 is 0 Å². The number of tetrazole rings is 1. The smallest absolute Gasteiger partial charge is 0.252 e. The molecule has 1 saturated heterocycles. The van der Waals surface area contributed by atoms with Crippen LogP contribution in [0.3, 0.4) is 0 Å². The van der Waals surface area contributed by atoms with Crippen molar-refractivity contribution in [2.75, 3.05) is 46.0 Å². The molecule has 0 spiro atoms. The van der Waals surface area contributed by atoms with Gasteiger partial charge in [0.1, 0.15) is 18.1 Å². The number of pyridine rings is 1. The SMILES string of the molecule is CCOc1ccc2[nH]c(=O)c(CN(CCCN3CCOCC3)Cc3nnnn3Cc3ccco3)cc2c1. The fraction of sp³-hybridized carbons (Fsp3) is 0.462. The van der Waals surface area contributed by atoms with Crippen LogP contribution in [0.15, 0.2) is 51.9 Å². The lowest BCUT2D eigenvalue weighted by molar-refractivity contribution is 0.0358. The molecule has 0 saturated carbocycles. The Bertz CT molecular complexity index is 1330. The van der Waals surface area contributed by atoms with Crippen LogP contribution in [0.4, 0.5) is 0 Å². The van der Waals surface area contributed by atoms with Crippen LogP contribution < -0.4 is 10.3 Å². The van der Waals surface area contributed by atoms with Crippen LogP contribution >= 0.6 is 0 Å². The van der Waals surface area contributed by atoms with Gasteiger partial charge in [-0.2, -0.15) is 0 Å². The topological polar surface area (TPSA) is 115 Å². The van der Waals surface area contributed by atoms with Gasteiger partial charge in [0.2, 0.25) is 0 Å². The predicted octanol–water partition coefficient (Wildman–Crippen LogP) is 2.28. The van der Waals surface area contributed by atoms with Gasteiger partial charge < -0.3 is 18.9 Å². The number of aromatic amines is 1. The van der Waals surface area contributed by atoms with Crippen LogP contribution in [0.25, 0.3) is 10.9 Å². The first kappa shape index (κ1) is 25.1. The molecule has 4 aromatic rings. The monoisotopic (exact) mass is 507 g/mol. The highest BCUT2D eigenvalue weighted by Gasteiger charge is 2.17. The molecule has 3 aromatic heterocycles. The van der Waals surface area contributed by atoms with Gasteiger partial charge in [-0.1, -0.05) is 0 Å². The molecule has 37 heavy (non-hydrogen) atoms. The zero-order valence-electron chi connectivity index (χ0n) is 21.1. The van der Waals surface area contributed by atoms with Gasteiger partial charge in [-0.15, -0.1) is 5.10 Å². The molecule has 1 N–H and O–H groups in total. The number of nitrogens with zero attached hydrogens (tertiary/aromatic N) is 6. The van der Waals surface area contributed by atoms with E-state index in [1.165, 1.54) is 0 Å². The van der Waals surface area contributed by atoms with E-state index in [9.17, 15) is 4.79 Å². The molecule has 196 valence electrons. The summed E-state index contributed by atoms with van der Waals surface area (Å²) in [6.07, 6.45) is 2.60. The largest absolute Gasteiger partial charge is 0.494 e. The number of aromatic nitrogens is 5. The van der Waals surface area contributed by atoms with Crippen molar-refractivity contribution in [1.29, 1.82) is 0 Å². The molecule has 1 aliphatic rings. The number of morpholine rings is 1. The zero-order chi connectivity index (χ0) is 25.5. The molecule has 1 aliphatic heterocycles. The van der Waals surface area contributed by atoms with Crippen molar-refractivity contribution < 1.29 is 13.9 Å². The Morgan fingerprint density at radius 1 is 1.16 bits per heavy atom. The minimum atomic E-state index is -0.0926. The van der Waals surface area contributed by atoms with E-state index in [2.05, 4.69) is 30.3 Å². The minimum absolute atomic E-state index is 0.0926. The van der Waals surface area contributed by atoms with Gasteiger partial charge in [0.25, 0.3) is 5.56 Å². The van der Waals surface area contributed by atoms with Crippen molar-refractivity contribution in [3.63, 3.8) is 0 Å². The van der Waals surface area contributed by atoms with Gasteiger partial charge in [-0.05, 0) is 66.7 Å².